The Morgan fingerprint density at radius 3 is 2.79 bits per heavy atom. The van der Waals surface area contributed by atoms with Crippen LogP contribution < -0.4 is 21.1 Å². The molecule has 2 unspecified atom stereocenters. The van der Waals surface area contributed by atoms with Gasteiger partial charge in [0, 0.05) is 13.1 Å². The number of carbonyl (C=O) groups excluding carboxylic acids is 1. The number of rotatable bonds is 4. The maximum Gasteiger partial charge on any atom is 0.267 e. The summed E-state index contributed by atoms with van der Waals surface area (Å²) in [5, 5.41) is 0. The molecule has 0 aromatic heterocycles. The van der Waals surface area contributed by atoms with Crippen LogP contribution in [0.5, 0.6) is 5.75 Å². The highest BCUT2D eigenvalue weighted by Gasteiger charge is 2.32. The number of ether oxygens (including phenoxy) is 1. The standard InChI is InChI=1S/C14H21N3O2/c1-9(6-15)8-17-12-5-11(7-16)3-4-13(12)19-10(2)14(17)18/h3-5,9-10H,6-8,15-16H2,1-2H3. The topological polar surface area (TPSA) is 81.6 Å². The summed E-state index contributed by atoms with van der Waals surface area (Å²) >= 11 is 0. The van der Waals surface area contributed by atoms with Crippen molar-refractivity contribution in [2.75, 3.05) is 18.0 Å². The molecule has 2 atom stereocenters. The number of amides is 1. The van der Waals surface area contributed by atoms with Crippen LogP contribution in [-0.2, 0) is 11.3 Å². The van der Waals surface area contributed by atoms with E-state index in [-0.39, 0.29) is 11.8 Å². The van der Waals surface area contributed by atoms with Gasteiger partial charge in [0.05, 0.1) is 5.69 Å². The van der Waals surface area contributed by atoms with Crippen molar-refractivity contribution >= 4 is 11.6 Å². The molecule has 0 aliphatic carbocycles. The van der Waals surface area contributed by atoms with Crippen molar-refractivity contribution in [1.29, 1.82) is 0 Å². The first-order valence-corrected chi connectivity index (χ1v) is 6.58. The van der Waals surface area contributed by atoms with E-state index in [0.717, 1.165) is 17.0 Å². The molecule has 104 valence electrons. The maximum absolute atomic E-state index is 12.3. The van der Waals surface area contributed by atoms with Gasteiger partial charge in [-0.25, -0.2) is 0 Å². The van der Waals surface area contributed by atoms with E-state index in [9.17, 15) is 4.79 Å². The van der Waals surface area contributed by atoms with Gasteiger partial charge >= 0.3 is 0 Å². The van der Waals surface area contributed by atoms with E-state index in [1.807, 2.05) is 25.1 Å². The number of anilines is 1. The Kier molecular flexibility index (Phi) is 4.07. The molecule has 1 aromatic carbocycles. The highest BCUT2D eigenvalue weighted by molar-refractivity contribution is 5.99. The van der Waals surface area contributed by atoms with Gasteiger partial charge in [-0.2, -0.15) is 0 Å². The van der Waals surface area contributed by atoms with Crippen LogP contribution >= 0.6 is 0 Å². The summed E-state index contributed by atoms with van der Waals surface area (Å²) in [4.78, 5) is 14.0. The van der Waals surface area contributed by atoms with Gasteiger partial charge in [-0.3, -0.25) is 4.79 Å². The molecule has 1 aliphatic heterocycles. The lowest BCUT2D eigenvalue weighted by atomic mass is 10.1. The van der Waals surface area contributed by atoms with Crippen molar-refractivity contribution < 1.29 is 9.53 Å². The van der Waals surface area contributed by atoms with Crippen molar-refractivity contribution in [3.05, 3.63) is 23.8 Å². The second-order valence-corrected chi connectivity index (χ2v) is 5.06. The fourth-order valence-corrected chi connectivity index (χ4v) is 2.15. The number of nitrogens with two attached hydrogens (primary N) is 2. The molecule has 0 bridgehead atoms. The molecule has 19 heavy (non-hydrogen) atoms. The minimum atomic E-state index is -0.457. The molecule has 1 aromatic rings. The molecule has 0 spiro atoms. The molecule has 0 saturated heterocycles. The first-order chi connectivity index (χ1) is 9.06. The van der Waals surface area contributed by atoms with Gasteiger partial charge in [0.25, 0.3) is 5.91 Å². The lowest BCUT2D eigenvalue weighted by molar-refractivity contribution is -0.125. The first-order valence-electron chi connectivity index (χ1n) is 6.58. The lowest BCUT2D eigenvalue weighted by Crippen LogP contribution is -2.47. The molecule has 4 N–H and O–H groups in total. The highest BCUT2D eigenvalue weighted by Crippen LogP contribution is 2.35. The van der Waals surface area contributed by atoms with Crippen molar-refractivity contribution in [2.24, 2.45) is 17.4 Å². The van der Waals surface area contributed by atoms with Gasteiger partial charge < -0.3 is 21.1 Å². The second kappa shape index (κ2) is 5.59. The summed E-state index contributed by atoms with van der Waals surface area (Å²) in [6.07, 6.45) is -0.457. The Bertz CT molecular complexity index is 476. The predicted molar refractivity (Wildman–Crippen MR) is 75.0 cm³/mol. The quantitative estimate of drug-likeness (QED) is 0.844. The molecule has 1 heterocycles. The van der Waals surface area contributed by atoms with Crippen molar-refractivity contribution in [2.45, 2.75) is 26.5 Å². The monoisotopic (exact) mass is 263 g/mol. The summed E-state index contributed by atoms with van der Waals surface area (Å²) < 4.78 is 5.63. The zero-order valence-corrected chi connectivity index (χ0v) is 11.4. The number of hydrogen-bond acceptors (Lipinski definition) is 4. The summed E-state index contributed by atoms with van der Waals surface area (Å²) in [6.45, 7) is 5.38. The van der Waals surface area contributed by atoms with E-state index in [1.165, 1.54) is 0 Å². The summed E-state index contributed by atoms with van der Waals surface area (Å²) in [6, 6.07) is 5.72. The van der Waals surface area contributed by atoms with E-state index in [1.54, 1.807) is 11.8 Å². The lowest BCUT2D eigenvalue weighted by Gasteiger charge is -2.34. The van der Waals surface area contributed by atoms with Crippen LogP contribution in [-0.4, -0.2) is 25.1 Å². The van der Waals surface area contributed by atoms with Crippen LogP contribution in [0.4, 0.5) is 5.69 Å². The predicted octanol–water partition coefficient (Wildman–Crippen LogP) is 0.854. The van der Waals surface area contributed by atoms with E-state index in [0.29, 0.717) is 19.6 Å². The molecule has 0 radical (unpaired) electrons. The number of fused-ring (bicyclic) bond motifs is 1. The van der Waals surface area contributed by atoms with Gasteiger partial charge in [0.1, 0.15) is 5.75 Å². The molecule has 0 saturated carbocycles. The molecule has 5 heteroatoms. The summed E-state index contributed by atoms with van der Waals surface area (Å²) in [5.74, 6) is 0.944. The Morgan fingerprint density at radius 1 is 1.42 bits per heavy atom. The third-order valence-corrected chi connectivity index (χ3v) is 3.36. The Labute approximate surface area is 113 Å². The van der Waals surface area contributed by atoms with Crippen LogP contribution in [0.25, 0.3) is 0 Å². The smallest absolute Gasteiger partial charge is 0.267 e. The fraction of sp³-hybridized carbons (Fsp3) is 0.500. The number of nitrogens with zero attached hydrogens (tertiary/aromatic N) is 1. The minimum absolute atomic E-state index is 0.0260. The van der Waals surface area contributed by atoms with Gasteiger partial charge in [0.15, 0.2) is 6.10 Å². The molecule has 1 amide bonds. The SMILES string of the molecule is CC(CN)CN1C(=O)C(C)Oc2ccc(CN)cc21. The third kappa shape index (κ3) is 2.72. The summed E-state index contributed by atoms with van der Waals surface area (Å²) in [5.41, 5.74) is 13.1. The average molecular weight is 263 g/mol. The van der Waals surface area contributed by atoms with E-state index < -0.39 is 6.10 Å². The molecule has 2 rings (SSSR count). The van der Waals surface area contributed by atoms with Crippen molar-refractivity contribution in [1.82, 2.24) is 0 Å². The van der Waals surface area contributed by atoms with E-state index in [2.05, 4.69) is 0 Å². The summed E-state index contributed by atoms with van der Waals surface area (Å²) in [7, 11) is 0. The normalized spacial score (nSPS) is 19.9. The van der Waals surface area contributed by atoms with Crippen molar-refractivity contribution in [3.8, 4) is 5.75 Å². The van der Waals surface area contributed by atoms with E-state index >= 15 is 0 Å². The van der Waals surface area contributed by atoms with Gasteiger partial charge in [-0.1, -0.05) is 13.0 Å². The molecule has 1 aliphatic rings. The molecule has 0 fully saturated rings. The van der Waals surface area contributed by atoms with Gasteiger partial charge in [0.2, 0.25) is 0 Å². The third-order valence-electron chi connectivity index (χ3n) is 3.36. The second-order valence-electron chi connectivity index (χ2n) is 5.06. The molecular weight excluding hydrogens is 242 g/mol. The molecular formula is C14H21N3O2. The number of carbonyl (C=O) groups is 1. The van der Waals surface area contributed by atoms with Crippen LogP contribution in [0.15, 0.2) is 18.2 Å². The number of hydrogen-bond donors (Lipinski definition) is 2. The van der Waals surface area contributed by atoms with Crippen molar-refractivity contribution in [3.63, 3.8) is 0 Å². The Balaban J connectivity index is 2.38. The zero-order valence-electron chi connectivity index (χ0n) is 11.4. The fourth-order valence-electron chi connectivity index (χ4n) is 2.15. The van der Waals surface area contributed by atoms with Crippen LogP contribution in [0.2, 0.25) is 0 Å². The molecule has 5 nitrogen and oxygen atoms in total. The number of benzene rings is 1. The van der Waals surface area contributed by atoms with Gasteiger partial charge in [-0.15, -0.1) is 0 Å². The Morgan fingerprint density at radius 2 is 2.16 bits per heavy atom. The Hall–Kier alpha value is -1.59. The largest absolute Gasteiger partial charge is 0.479 e. The zero-order chi connectivity index (χ0) is 14.0. The maximum atomic E-state index is 12.3. The highest BCUT2D eigenvalue weighted by atomic mass is 16.5. The average Bonchev–Trinajstić information content (AvgIpc) is 2.43. The van der Waals surface area contributed by atoms with E-state index in [4.69, 9.17) is 16.2 Å². The van der Waals surface area contributed by atoms with Crippen LogP contribution in [0.3, 0.4) is 0 Å². The van der Waals surface area contributed by atoms with Crippen LogP contribution in [0.1, 0.15) is 19.4 Å². The van der Waals surface area contributed by atoms with Crippen LogP contribution in [0, 0.1) is 5.92 Å². The minimum Gasteiger partial charge on any atom is -0.479 e. The van der Waals surface area contributed by atoms with Gasteiger partial charge in [-0.05, 0) is 37.1 Å². The first kappa shape index (κ1) is 13.8.